The molecule has 1 aliphatic rings. The third kappa shape index (κ3) is 4.85. The van der Waals surface area contributed by atoms with Gasteiger partial charge in [-0.25, -0.2) is 23.2 Å². The van der Waals surface area contributed by atoms with E-state index >= 15 is 0 Å². The van der Waals surface area contributed by atoms with Crippen molar-refractivity contribution >= 4 is 26.8 Å². The molecule has 3 aromatic rings. The monoisotopic (exact) mass is 458 g/mol. The lowest BCUT2D eigenvalue weighted by molar-refractivity contribution is 0.0507. The zero-order chi connectivity index (χ0) is 22.9. The van der Waals surface area contributed by atoms with Crippen LogP contribution < -0.4 is 4.74 Å². The van der Waals surface area contributed by atoms with E-state index in [-0.39, 0.29) is 23.2 Å². The number of hydrogen-bond acceptors (Lipinski definition) is 7. The van der Waals surface area contributed by atoms with Crippen molar-refractivity contribution in [2.45, 2.75) is 43.8 Å². The molecule has 4 rings (SSSR count). The SMILES string of the molecule is CC(C)OC(=O)N1CCC(Oc2cc(-n3ccc4cc(S(C)(=O)=O)ccc43)ncn2)CC1. The predicted octanol–water partition coefficient (Wildman–Crippen LogP) is 3.21. The Balaban J connectivity index is 1.46. The lowest BCUT2D eigenvalue weighted by Crippen LogP contribution is -2.42. The minimum Gasteiger partial charge on any atom is -0.474 e. The van der Waals surface area contributed by atoms with Crippen LogP contribution in [0.1, 0.15) is 26.7 Å². The zero-order valence-corrected chi connectivity index (χ0v) is 19.1. The number of rotatable bonds is 5. The first-order valence-corrected chi connectivity index (χ1v) is 12.4. The maximum Gasteiger partial charge on any atom is 0.410 e. The van der Waals surface area contributed by atoms with Gasteiger partial charge in [0.1, 0.15) is 18.2 Å². The van der Waals surface area contributed by atoms with Crippen LogP contribution in [-0.4, -0.2) is 65.5 Å². The summed E-state index contributed by atoms with van der Waals surface area (Å²) in [6, 6.07) is 8.60. The largest absolute Gasteiger partial charge is 0.474 e. The third-order valence-corrected chi connectivity index (χ3v) is 6.40. The van der Waals surface area contributed by atoms with Crippen LogP contribution in [0.4, 0.5) is 4.79 Å². The third-order valence-electron chi connectivity index (χ3n) is 5.29. The second-order valence-corrected chi connectivity index (χ2v) is 10.1. The number of fused-ring (bicyclic) bond motifs is 1. The highest BCUT2D eigenvalue weighted by Gasteiger charge is 2.25. The summed E-state index contributed by atoms with van der Waals surface area (Å²) in [6.45, 7) is 4.80. The average Bonchev–Trinajstić information content (AvgIpc) is 3.17. The first-order chi connectivity index (χ1) is 15.2. The molecule has 1 fully saturated rings. The molecule has 0 bridgehead atoms. The number of nitrogens with zero attached hydrogens (tertiary/aromatic N) is 4. The predicted molar refractivity (Wildman–Crippen MR) is 119 cm³/mol. The molecule has 2 aromatic heterocycles. The van der Waals surface area contributed by atoms with Gasteiger partial charge in [-0.1, -0.05) is 0 Å². The molecule has 0 N–H and O–H groups in total. The summed E-state index contributed by atoms with van der Waals surface area (Å²) in [5.41, 5.74) is 0.832. The molecule has 1 aromatic carbocycles. The van der Waals surface area contributed by atoms with E-state index in [0.717, 1.165) is 10.9 Å². The number of piperidine rings is 1. The number of likely N-dealkylation sites (tertiary alicyclic amines) is 1. The number of sulfone groups is 1. The lowest BCUT2D eigenvalue weighted by Gasteiger charge is -2.31. The van der Waals surface area contributed by atoms with Gasteiger partial charge in [0.15, 0.2) is 9.84 Å². The number of amides is 1. The average molecular weight is 459 g/mol. The molecule has 32 heavy (non-hydrogen) atoms. The molecular formula is C22H26N4O5S. The van der Waals surface area contributed by atoms with Crippen molar-refractivity contribution < 1.29 is 22.7 Å². The van der Waals surface area contributed by atoms with Crippen LogP contribution in [0.15, 0.2) is 47.8 Å². The minimum atomic E-state index is -3.28. The number of carbonyl (C=O) groups excluding carboxylic acids is 1. The van der Waals surface area contributed by atoms with Crippen LogP contribution in [-0.2, 0) is 14.6 Å². The van der Waals surface area contributed by atoms with Gasteiger partial charge in [0, 0.05) is 49.8 Å². The Morgan fingerprint density at radius 3 is 2.56 bits per heavy atom. The van der Waals surface area contributed by atoms with Gasteiger partial charge in [-0.3, -0.25) is 0 Å². The van der Waals surface area contributed by atoms with Gasteiger partial charge in [-0.15, -0.1) is 0 Å². The number of ether oxygens (including phenoxy) is 2. The fourth-order valence-electron chi connectivity index (χ4n) is 3.68. The Hall–Kier alpha value is -3.14. The van der Waals surface area contributed by atoms with Gasteiger partial charge in [-0.2, -0.15) is 0 Å². The topological polar surface area (TPSA) is 104 Å². The van der Waals surface area contributed by atoms with Crippen LogP contribution in [0.3, 0.4) is 0 Å². The van der Waals surface area contributed by atoms with Gasteiger partial charge in [0.2, 0.25) is 5.88 Å². The number of carbonyl (C=O) groups is 1. The quantitative estimate of drug-likeness (QED) is 0.578. The van der Waals surface area contributed by atoms with Crippen molar-refractivity contribution in [1.82, 2.24) is 19.4 Å². The van der Waals surface area contributed by atoms with Crippen molar-refractivity contribution in [3.63, 3.8) is 0 Å². The molecule has 0 radical (unpaired) electrons. The highest BCUT2D eigenvalue weighted by molar-refractivity contribution is 7.90. The van der Waals surface area contributed by atoms with E-state index < -0.39 is 9.84 Å². The normalized spacial score (nSPS) is 15.3. The van der Waals surface area contributed by atoms with Crippen molar-refractivity contribution in [2.75, 3.05) is 19.3 Å². The second-order valence-electron chi connectivity index (χ2n) is 8.13. The molecule has 0 spiro atoms. The first-order valence-electron chi connectivity index (χ1n) is 10.5. The van der Waals surface area contributed by atoms with E-state index in [4.69, 9.17) is 9.47 Å². The number of aromatic nitrogens is 3. The maximum absolute atomic E-state index is 12.0. The Morgan fingerprint density at radius 2 is 1.88 bits per heavy atom. The van der Waals surface area contributed by atoms with Crippen molar-refractivity contribution in [3.8, 4) is 11.7 Å². The first kappa shape index (κ1) is 22.1. The molecule has 0 unspecified atom stereocenters. The Labute approximate surface area is 186 Å². The van der Waals surface area contributed by atoms with E-state index in [0.29, 0.717) is 37.6 Å². The molecule has 0 atom stereocenters. The number of hydrogen-bond donors (Lipinski definition) is 0. The van der Waals surface area contributed by atoms with Crippen LogP contribution in [0.5, 0.6) is 5.88 Å². The Morgan fingerprint density at radius 1 is 1.12 bits per heavy atom. The molecule has 170 valence electrons. The summed E-state index contributed by atoms with van der Waals surface area (Å²) in [5, 5.41) is 0.801. The van der Waals surface area contributed by atoms with Gasteiger partial charge in [0.05, 0.1) is 16.5 Å². The molecule has 1 amide bonds. The van der Waals surface area contributed by atoms with E-state index in [1.54, 1.807) is 29.2 Å². The molecule has 0 aliphatic carbocycles. The van der Waals surface area contributed by atoms with E-state index in [2.05, 4.69) is 9.97 Å². The fourth-order valence-corrected chi connectivity index (χ4v) is 4.34. The highest BCUT2D eigenvalue weighted by Crippen LogP contribution is 2.25. The van der Waals surface area contributed by atoms with Crippen molar-refractivity contribution in [3.05, 3.63) is 42.9 Å². The van der Waals surface area contributed by atoms with Crippen LogP contribution in [0.25, 0.3) is 16.7 Å². The molecule has 0 saturated carbocycles. The summed E-state index contributed by atoms with van der Waals surface area (Å²) in [6.07, 6.45) is 5.36. The highest BCUT2D eigenvalue weighted by atomic mass is 32.2. The summed E-state index contributed by atoms with van der Waals surface area (Å²) < 4.78 is 36.8. The summed E-state index contributed by atoms with van der Waals surface area (Å²) >= 11 is 0. The standard InChI is InChI=1S/C22H26N4O5S/c1-15(2)30-22(27)25-9-7-17(8-10-25)31-21-13-20(23-14-24-21)26-11-6-16-12-18(32(3,28)29)4-5-19(16)26/h4-6,11-15,17H,7-10H2,1-3H3. The van der Waals surface area contributed by atoms with Gasteiger partial charge < -0.3 is 18.9 Å². The summed E-state index contributed by atoms with van der Waals surface area (Å²) in [5.74, 6) is 1.07. The molecule has 1 aliphatic heterocycles. The van der Waals surface area contributed by atoms with E-state index in [9.17, 15) is 13.2 Å². The summed E-state index contributed by atoms with van der Waals surface area (Å²) in [7, 11) is -3.28. The zero-order valence-electron chi connectivity index (χ0n) is 18.3. The molecule has 3 heterocycles. The van der Waals surface area contributed by atoms with Crippen LogP contribution in [0, 0.1) is 0 Å². The van der Waals surface area contributed by atoms with Gasteiger partial charge in [-0.05, 0) is 38.1 Å². The van der Waals surface area contributed by atoms with Crippen LogP contribution in [0.2, 0.25) is 0 Å². The van der Waals surface area contributed by atoms with Crippen LogP contribution >= 0.6 is 0 Å². The Bertz CT molecular complexity index is 1230. The number of benzene rings is 1. The molecule has 10 heteroatoms. The van der Waals surface area contributed by atoms with Crippen molar-refractivity contribution in [1.29, 1.82) is 0 Å². The molecule has 1 saturated heterocycles. The molecule has 9 nitrogen and oxygen atoms in total. The second kappa shape index (κ2) is 8.78. The smallest absolute Gasteiger partial charge is 0.410 e. The van der Waals surface area contributed by atoms with Crippen molar-refractivity contribution in [2.24, 2.45) is 0 Å². The fraction of sp³-hybridized carbons (Fsp3) is 0.409. The lowest BCUT2D eigenvalue weighted by atomic mass is 10.1. The summed E-state index contributed by atoms with van der Waals surface area (Å²) in [4.78, 5) is 22.6. The van der Waals surface area contributed by atoms with E-state index in [1.807, 2.05) is 30.7 Å². The van der Waals surface area contributed by atoms with Gasteiger partial charge in [0.25, 0.3) is 0 Å². The molecular weight excluding hydrogens is 432 g/mol. The van der Waals surface area contributed by atoms with E-state index in [1.165, 1.54) is 12.6 Å². The maximum atomic E-state index is 12.0. The minimum absolute atomic E-state index is 0.0559. The Kier molecular flexibility index (Phi) is 6.05. The van der Waals surface area contributed by atoms with Gasteiger partial charge >= 0.3 is 6.09 Å².